The van der Waals surface area contributed by atoms with Gasteiger partial charge >= 0.3 is 0 Å². The molecular formula is C26H40NO5PS3. The van der Waals surface area contributed by atoms with Gasteiger partial charge in [-0.2, -0.15) is 11.8 Å². The third-order valence-corrected chi connectivity index (χ3v) is 12.0. The minimum absolute atomic E-state index is 0.0838. The first-order valence-electron chi connectivity index (χ1n) is 12.1. The molecule has 6 nitrogen and oxygen atoms in total. The zero-order chi connectivity index (χ0) is 26.2. The minimum atomic E-state index is -2.43. The highest BCUT2D eigenvalue weighted by Crippen LogP contribution is 2.61. The Labute approximate surface area is 230 Å². The molecule has 0 bridgehead atoms. The molecule has 0 amide bonds. The summed E-state index contributed by atoms with van der Waals surface area (Å²) >= 11 is 9.07. The second-order valence-corrected chi connectivity index (χ2v) is 16.1. The summed E-state index contributed by atoms with van der Waals surface area (Å²) in [4.78, 5) is 2.08. The van der Waals surface area contributed by atoms with Crippen molar-refractivity contribution in [3.63, 3.8) is 0 Å². The molecule has 202 valence electrons. The van der Waals surface area contributed by atoms with Crippen LogP contribution in [0.15, 0.2) is 48.5 Å². The van der Waals surface area contributed by atoms with E-state index < -0.39 is 5.69 Å². The van der Waals surface area contributed by atoms with E-state index in [4.69, 9.17) is 35.1 Å². The predicted molar refractivity (Wildman–Crippen MR) is 158 cm³/mol. The lowest BCUT2D eigenvalue weighted by Gasteiger charge is -2.25. The number of aryl methyl sites for hydroxylation is 2. The Morgan fingerprint density at radius 2 is 1.83 bits per heavy atom. The Morgan fingerprint density at radius 1 is 1.03 bits per heavy atom. The van der Waals surface area contributed by atoms with Gasteiger partial charge in [0, 0.05) is 11.6 Å². The van der Waals surface area contributed by atoms with E-state index in [0.29, 0.717) is 19.8 Å². The van der Waals surface area contributed by atoms with E-state index >= 15 is 0 Å². The van der Waals surface area contributed by atoms with Crippen molar-refractivity contribution >= 4 is 40.6 Å². The number of ether oxygens (including phenoxy) is 3. The average molecular weight is 574 g/mol. The van der Waals surface area contributed by atoms with Crippen molar-refractivity contribution in [2.75, 3.05) is 58.6 Å². The van der Waals surface area contributed by atoms with Gasteiger partial charge in [-0.3, -0.25) is 4.52 Å². The molecule has 0 fully saturated rings. The SMILES string of the molecule is CCOP(=S)(OCOC(COc1ccccc1CCc1cccc(OC)c1)CN(C)C)SCSCC. The van der Waals surface area contributed by atoms with Crippen LogP contribution in [-0.4, -0.2) is 69.6 Å². The largest absolute Gasteiger partial charge is 0.497 e. The Hall–Kier alpha value is -0.770. The topological polar surface area (TPSA) is 49.4 Å². The van der Waals surface area contributed by atoms with E-state index in [0.717, 1.165) is 40.7 Å². The van der Waals surface area contributed by atoms with Crippen molar-refractivity contribution in [2.24, 2.45) is 0 Å². The maximum Gasteiger partial charge on any atom is 0.250 e. The van der Waals surface area contributed by atoms with Gasteiger partial charge in [-0.25, -0.2) is 0 Å². The quantitative estimate of drug-likeness (QED) is 0.107. The average Bonchev–Trinajstić information content (AvgIpc) is 2.86. The van der Waals surface area contributed by atoms with E-state index in [9.17, 15) is 0 Å². The molecule has 0 radical (unpaired) electrons. The summed E-state index contributed by atoms with van der Waals surface area (Å²) in [6.45, 7) is 5.79. The molecule has 0 aliphatic rings. The fourth-order valence-corrected chi connectivity index (χ4v) is 9.89. The van der Waals surface area contributed by atoms with Gasteiger partial charge in [0.25, 0.3) is 0 Å². The van der Waals surface area contributed by atoms with Crippen molar-refractivity contribution < 1.29 is 23.3 Å². The summed E-state index contributed by atoms with van der Waals surface area (Å²) < 4.78 is 29.4. The molecule has 0 saturated heterocycles. The van der Waals surface area contributed by atoms with Crippen molar-refractivity contribution in [1.29, 1.82) is 0 Å². The van der Waals surface area contributed by atoms with Crippen LogP contribution in [0.2, 0.25) is 0 Å². The molecule has 0 saturated carbocycles. The summed E-state index contributed by atoms with van der Waals surface area (Å²) in [7, 11) is 5.72. The molecule has 0 aromatic heterocycles. The van der Waals surface area contributed by atoms with E-state index in [-0.39, 0.29) is 12.9 Å². The van der Waals surface area contributed by atoms with Gasteiger partial charge in [-0.15, -0.1) is 0 Å². The van der Waals surface area contributed by atoms with Gasteiger partial charge in [0.2, 0.25) is 5.69 Å². The highest BCUT2D eigenvalue weighted by molar-refractivity contribution is 8.69. The molecule has 2 rings (SSSR count). The molecule has 2 aromatic rings. The number of likely N-dealkylation sites (N-methyl/N-ethyl adjacent to an activating group) is 1. The molecule has 0 aliphatic carbocycles. The van der Waals surface area contributed by atoms with Crippen LogP contribution in [0.25, 0.3) is 0 Å². The number of methoxy groups -OCH3 is 1. The van der Waals surface area contributed by atoms with E-state index in [2.05, 4.69) is 30.0 Å². The Kier molecular flexibility index (Phi) is 15.4. The van der Waals surface area contributed by atoms with Crippen LogP contribution < -0.4 is 9.47 Å². The van der Waals surface area contributed by atoms with Crippen molar-refractivity contribution in [2.45, 2.75) is 32.8 Å². The first kappa shape index (κ1) is 31.4. The molecular weight excluding hydrogens is 533 g/mol. The number of rotatable bonds is 19. The van der Waals surface area contributed by atoms with Crippen molar-refractivity contribution in [3.05, 3.63) is 59.7 Å². The van der Waals surface area contributed by atoms with Gasteiger partial charge in [0.05, 0.1) is 13.7 Å². The van der Waals surface area contributed by atoms with Gasteiger partial charge < -0.3 is 23.6 Å². The van der Waals surface area contributed by atoms with Gasteiger partial charge in [0.15, 0.2) is 6.79 Å². The van der Waals surface area contributed by atoms with Crippen LogP contribution in [-0.2, 0) is 38.4 Å². The fraction of sp³-hybridized carbons (Fsp3) is 0.538. The number of para-hydroxylation sites is 1. The first-order chi connectivity index (χ1) is 17.4. The summed E-state index contributed by atoms with van der Waals surface area (Å²) in [5.41, 5.74) is -0.0323. The number of benzene rings is 2. The van der Waals surface area contributed by atoms with Crippen molar-refractivity contribution in [1.82, 2.24) is 4.90 Å². The normalized spacial score (nSPS) is 13.9. The second-order valence-electron chi connectivity index (χ2n) is 8.17. The minimum Gasteiger partial charge on any atom is -0.497 e. The second kappa shape index (κ2) is 17.7. The standard InChI is InChI=1S/C26H40NO5PS3/c1-6-31-33(34,36-21-35-7-2)32-20-30-25(18-27(3)4)19-29-26-14-9-8-12-23(26)16-15-22-11-10-13-24(17-22)28-5/h8-14,17,25H,6-7,15-16,18-21H2,1-5H3. The van der Waals surface area contributed by atoms with Crippen molar-refractivity contribution in [3.8, 4) is 11.5 Å². The maximum atomic E-state index is 6.25. The Morgan fingerprint density at radius 3 is 2.56 bits per heavy atom. The lowest BCUT2D eigenvalue weighted by Crippen LogP contribution is -2.34. The van der Waals surface area contributed by atoms with Crippen LogP contribution in [0, 0.1) is 0 Å². The molecule has 0 aliphatic heterocycles. The summed E-state index contributed by atoms with van der Waals surface area (Å²) in [6.07, 6.45) is 1.60. The Balaban J connectivity index is 1.94. The van der Waals surface area contributed by atoms with E-state index in [1.54, 1.807) is 18.5 Å². The van der Waals surface area contributed by atoms with Crippen LogP contribution in [0.1, 0.15) is 25.0 Å². The summed E-state index contributed by atoms with van der Waals surface area (Å²) in [6, 6.07) is 16.4. The molecule has 0 N–H and O–H groups in total. The van der Waals surface area contributed by atoms with E-state index in [1.165, 1.54) is 5.56 Å². The smallest absolute Gasteiger partial charge is 0.250 e. The molecule has 0 spiro atoms. The third kappa shape index (κ3) is 12.2. The van der Waals surface area contributed by atoms with Crippen LogP contribution in [0.3, 0.4) is 0 Å². The third-order valence-electron chi connectivity index (χ3n) is 5.08. The number of nitrogens with zero attached hydrogens (tertiary/aromatic N) is 1. The summed E-state index contributed by atoms with van der Waals surface area (Å²) in [5.74, 6) is 2.79. The zero-order valence-corrected chi connectivity index (χ0v) is 25.4. The molecule has 36 heavy (non-hydrogen) atoms. The van der Waals surface area contributed by atoms with Gasteiger partial charge in [0.1, 0.15) is 24.2 Å². The lowest BCUT2D eigenvalue weighted by molar-refractivity contribution is -0.0597. The highest BCUT2D eigenvalue weighted by Gasteiger charge is 2.21. The van der Waals surface area contributed by atoms with Gasteiger partial charge in [-0.05, 0) is 80.7 Å². The molecule has 2 aromatic carbocycles. The van der Waals surface area contributed by atoms with Crippen LogP contribution in [0.4, 0.5) is 0 Å². The maximum absolute atomic E-state index is 6.25. The molecule has 10 heteroatoms. The van der Waals surface area contributed by atoms with Crippen LogP contribution >= 0.6 is 28.8 Å². The molecule has 2 atom stereocenters. The zero-order valence-electron chi connectivity index (χ0n) is 22.0. The lowest BCUT2D eigenvalue weighted by atomic mass is 10.0. The molecule has 0 heterocycles. The van der Waals surface area contributed by atoms with Crippen LogP contribution in [0.5, 0.6) is 11.5 Å². The predicted octanol–water partition coefficient (Wildman–Crippen LogP) is 6.48. The monoisotopic (exact) mass is 573 g/mol. The molecule has 2 unspecified atom stereocenters. The number of hydrogen-bond donors (Lipinski definition) is 0. The summed E-state index contributed by atoms with van der Waals surface area (Å²) in [5, 5.41) is 0.852. The fourth-order valence-electron chi connectivity index (χ4n) is 3.35. The number of thioether (sulfide) groups is 1. The highest BCUT2D eigenvalue weighted by atomic mass is 32.9. The first-order valence-corrected chi connectivity index (χ1v) is 17.5. The number of hydrogen-bond acceptors (Lipinski definition) is 9. The van der Waals surface area contributed by atoms with Gasteiger partial charge in [-0.1, -0.05) is 48.6 Å². The Bertz CT molecular complexity index is 934. The van der Waals surface area contributed by atoms with E-state index in [1.807, 2.05) is 63.1 Å².